The maximum absolute atomic E-state index is 11.3. The van der Waals surface area contributed by atoms with E-state index in [-0.39, 0.29) is 30.0 Å². The number of amides is 2. The van der Waals surface area contributed by atoms with Crippen LogP contribution in [0.25, 0.3) is 0 Å². The monoisotopic (exact) mass is 261 g/mol. The first-order valence-corrected chi connectivity index (χ1v) is 5.02. The van der Waals surface area contributed by atoms with Gasteiger partial charge in [0, 0.05) is 26.1 Å². The van der Waals surface area contributed by atoms with E-state index in [0.29, 0.717) is 26.1 Å². The molecule has 4 N–H and O–H groups in total. The molecule has 7 heteroatoms. The van der Waals surface area contributed by atoms with E-state index in [1.54, 1.807) is 12.1 Å². The molecule has 0 unspecified atom stereocenters. The van der Waals surface area contributed by atoms with Gasteiger partial charge >= 0.3 is 0 Å². The summed E-state index contributed by atoms with van der Waals surface area (Å²) in [6, 6.07) is 3.21. The van der Waals surface area contributed by atoms with Crippen LogP contribution in [0, 0.1) is 0 Å². The number of halogens is 1. The molecular formula is C10H16ClN3O3. The summed E-state index contributed by atoms with van der Waals surface area (Å²) in [6.45, 7) is 1.06. The van der Waals surface area contributed by atoms with Crippen molar-refractivity contribution in [2.45, 2.75) is 6.42 Å². The molecule has 0 radical (unpaired) electrons. The Morgan fingerprint density at radius 3 is 2.59 bits per heavy atom. The fourth-order valence-electron chi connectivity index (χ4n) is 1.09. The topological polar surface area (TPSA) is 97.4 Å². The third kappa shape index (κ3) is 5.94. The molecule has 0 aliphatic carbocycles. The largest absolute Gasteiger partial charge is 0.459 e. The van der Waals surface area contributed by atoms with Crippen LogP contribution in [0.4, 0.5) is 0 Å². The van der Waals surface area contributed by atoms with Gasteiger partial charge in [-0.25, -0.2) is 0 Å². The lowest BCUT2D eigenvalue weighted by atomic mass is 10.4. The van der Waals surface area contributed by atoms with Crippen LogP contribution in [-0.2, 0) is 4.79 Å². The molecule has 0 saturated heterocycles. The first kappa shape index (κ1) is 15.5. The summed E-state index contributed by atoms with van der Waals surface area (Å²) in [5.74, 6) is -0.152. The Labute approximate surface area is 105 Å². The molecule has 0 spiro atoms. The second kappa shape index (κ2) is 8.60. The van der Waals surface area contributed by atoms with Crippen LogP contribution in [-0.4, -0.2) is 31.4 Å². The molecule has 17 heavy (non-hydrogen) atoms. The Balaban J connectivity index is 0.00000256. The molecule has 0 saturated carbocycles. The summed E-state index contributed by atoms with van der Waals surface area (Å²) in [5, 5.41) is 5.22. The van der Waals surface area contributed by atoms with Gasteiger partial charge in [-0.15, -0.1) is 12.4 Å². The van der Waals surface area contributed by atoms with E-state index < -0.39 is 0 Å². The molecule has 1 aromatic heterocycles. The highest BCUT2D eigenvalue weighted by atomic mass is 35.5. The molecule has 0 aliphatic rings. The molecule has 6 nitrogen and oxygen atoms in total. The maximum Gasteiger partial charge on any atom is 0.287 e. The van der Waals surface area contributed by atoms with E-state index in [0.717, 1.165) is 0 Å². The molecule has 1 aromatic rings. The fraction of sp³-hybridized carbons (Fsp3) is 0.400. The number of carbonyl (C=O) groups excluding carboxylic acids is 2. The van der Waals surface area contributed by atoms with Crippen molar-refractivity contribution in [3.05, 3.63) is 24.2 Å². The smallest absolute Gasteiger partial charge is 0.287 e. The number of nitrogens with one attached hydrogen (secondary N) is 2. The lowest BCUT2D eigenvalue weighted by Crippen LogP contribution is -2.35. The van der Waals surface area contributed by atoms with Crippen molar-refractivity contribution in [2.24, 2.45) is 5.73 Å². The Bertz CT molecular complexity index is 341. The van der Waals surface area contributed by atoms with Gasteiger partial charge in [0.05, 0.1) is 6.26 Å². The van der Waals surface area contributed by atoms with Gasteiger partial charge in [0.25, 0.3) is 5.91 Å². The summed E-state index contributed by atoms with van der Waals surface area (Å²) >= 11 is 0. The summed E-state index contributed by atoms with van der Waals surface area (Å²) in [5.41, 5.74) is 5.20. The van der Waals surface area contributed by atoms with Crippen LogP contribution in [0.5, 0.6) is 0 Å². The van der Waals surface area contributed by atoms with Crippen molar-refractivity contribution < 1.29 is 14.0 Å². The highest BCUT2D eigenvalue weighted by Gasteiger charge is 2.06. The molecular weight excluding hydrogens is 246 g/mol. The minimum atomic E-state index is -0.293. The van der Waals surface area contributed by atoms with E-state index >= 15 is 0 Å². The zero-order chi connectivity index (χ0) is 11.8. The van der Waals surface area contributed by atoms with Crippen molar-refractivity contribution in [1.82, 2.24) is 10.6 Å². The van der Waals surface area contributed by atoms with Crippen LogP contribution in [0.2, 0.25) is 0 Å². The summed E-state index contributed by atoms with van der Waals surface area (Å²) in [6.07, 6.45) is 1.73. The molecule has 0 aromatic carbocycles. The number of carbonyl (C=O) groups is 2. The van der Waals surface area contributed by atoms with Gasteiger partial charge in [0.2, 0.25) is 5.91 Å². The normalized spacial score (nSPS) is 9.24. The third-order valence-corrected chi connectivity index (χ3v) is 1.85. The van der Waals surface area contributed by atoms with Crippen LogP contribution >= 0.6 is 12.4 Å². The van der Waals surface area contributed by atoms with Crippen LogP contribution in [0.3, 0.4) is 0 Å². The van der Waals surface area contributed by atoms with Crippen molar-refractivity contribution >= 4 is 24.2 Å². The first-order valence-electron chi connectivity index (χ1n) is 5.02. The quantitative estimate of drug-likeness (QED) is 0.623. The van der Waals surface area contributed by atoms with Crippen LogP contribution in [0.1, 0.15) is 17.0 Å². The van der Waals surface area contributed by atoms with Gasteiger partial charge in [-0.3, -0.25) is 9.59 Å². The zero-order valence-electron chi connectivity index (χ0n) is 9.27. The number of nitrogens with two attached hydrogens (primary N) is 1. The van der Waals surface area contributed by atoms with Crippen molar-refractivity contribution in [1.29, 1.82) is 0 Å². The average Bonchev–Trinajstić information content (AvgIpc) is 2.78. The van der Waals surface area contributed by atoms with Crippen LogP contribution < -0.4 is 16.4 Å². The van der Waals surface area contributed by atoms with Gasteiger partial charge < -0.3 is 20.8 Å². The molecule has 0 aliphatic heterocycles. The van der Waals surface area contributed by atoms with E-state index in [1.165, 1.54) is 6.26 Å². The van der Waals surface area contributed by atoms with Gasteiger partial charge in [-0.05, 0) is 12.1 Å². The lowest BCUT2D eigenvalue weighted by Gasteiger charge is -2.05. The Morgan fingerprint density at radius 1 is 1.29 bits per heavy atom. The molecule has 2 amide bonds. The predicted octanol–water partition coefficient (Wildman–Crippen LogP) is -0.104. The average molecular weight is 262 g/mol. The fourth-order valence-corrected chi connectivity index (χ4v) is 1.09. The summed E-state index contributed by atoms with van der Waals surface area (Å²) in [7, 11) is 0. The number of hydrogen-bond acceptors (Lipinski definition) is 4. The van der Waals surface area contributed by atoms with E-state index in [4.69, 9.17) is 10.2 Å². The number of rotatable bonds is 6. The summed E-state index contributed by atoms with van der Waals surface area (Å²) < 4.78 is 4.90. The molecule has 1 heterocycles. The molecule has 1 rings (SSSR count). The second-order valence-electron chi connectivity index (χ2n) is 3.12. The molecule has 96 valence electrons. The Kier molecular flexibility index (Phi) is 7.83. The Morgan fingerprint density at radius 2 is 2.00 bits per heavy atom. The van der Waals surface area contributed by atoms with E-state index in [1.807, 2.05) is 0 Å². The van der Waals surface area contributed by atoms with Gasteiger partial charge in [-0.2, -0.15) is 0 Å². The highest BCUT2D eigenvalue weighted by molar-refractivity contribution is 5.91. The molecule has 0 bridgehead atoms. The van der Waals surface area contributed by atoms with Crippen molar-refractivity contribution in [3.63, 3.8) is 0 Å². The van der Waals surface area contributed by atoms with Crippen molar-refractivity contribution in [2.75, 3.05) is 19.6 Å². The highest BCUT2D eigenvalue weighted by Crippen LogP contribution is 1.98. The van der Waals surface area contributed by atoms with Gasteiger partial charge in [0.1, 0.15) is 0 Å². The zero-order valence-corrected chi connectivity index (χ0v) is 10.1. The third-order valence-electron chi connectivity index (χ3n) is 1.85. The lowest BCUT2D eigenvalue weighted by molar-refractivity contribution is -0.120. The van der Waals surface area contributed by atoms with Gasteiger partial charge in [-0.1, -0.05) is 0 Å². The first-order chi connectivity index (χ1) is 7.74. The maximum atomic E-state index is 11.3. The van der Waals surface area contributed by atoms with Crippen LogP contribution in [0.15, 0.2) is 22.8 Å². The number of hydrogen-bond donors (Lipinski definition) is 3. The summed E-state index contributed by atoms with van der Waals surface area (Å²) in [4.78, 5) is 22.3. The Hall–Kier alpha value is -1.53. The molecule has 0 atom stereocenters. The van der Waals surface area contributed by atoms with E-state index in [9.17, 15) is 9.59 Å². The standard InChI is InChI=1S/C10H15N3O3.ClH/c11-4-3-9(14)12-5-6-13-10(15)8-2-1-7-16-8;/h1-2,7H,3-6,11H2,(H,12,14)(H,13,15);1H. The SMILES string of the molecule is Cl.NCCC(=O)NCCNC(=O)c1ccco1. The number of furan rings is 1. The second-order valence-corrected chi connectivity index (χ2v) is 3.12. The van der Waals surface area contributed by atoms with E-state index in [2.05, 4.69) is 10.6 Å². The molecule has 0 fully saturated rings. The minimum absolute atomic E-state index is 0. The minimum Gasteiger partial charge on any atom is -0.459 e. The van der Waals surface area contributed by atoms with Crippen molar-refractivity contribution in [3.8, 4) is 0 Å². The van der Waals surface area contributed by atoms with Gasteiger partial charge in [0.15, 0.2) is 5.76 Å². The predicted molar refractivity (Wildman–Crippen MR) is 65.0 cm³/mol.